The number of hydrogen-bond acceptors (Lipinski definition) is 2. The Morgan fingerprint density at radius 1 is 1.06 bits per heavy atom. The van der Waals surface area contributed by atoms with Gasteiger partial charge in [-0.2, -0.15) is 0 Å². The van der Waals surface area contributed by atoms with Crippen LogP contribution in [0.3, 0.4) is 0 Å². The van der Waals surface area contributed by atoms with Gasteiger partial charge in [0.2, 0.25) is 0 Å². The first-order valence-electron chi connectivity index (χ1n) is 5.73. The van der Waals surface area contributed by atoms with Crippen LogP contribution in [-0.2, 0) is 11.2 Å². The molecule has 0 saturated carbocycles. The standard InChI is InChI=1S/C15H11NO2/c17-14(18)9-12-6-3-5-11-8-10-4-1-2-7-13(10)16-15(11)12/h1-8H,9H2,(H,17,18). The molecule has 0 radical (unpaired) electrons. The Balaban J connectivity index is 2.32. The molecule has 0 aliphatic carbocycles. The summed E-state index contributed by atoms with van der Waals surface area (Å²) in [5.41, 5.74) is 2.42. The predicted octanol–water partition coefficient (Wildman–Crippen LogP) is 3.02. The lowest BCUT2D eigenvalue weighted by Gasteiger charge is -2.05. The van der Waals surface area contributed by atoms with Gasteiger partial charge >= 0.3 is 5.97 Å². The zero-order valence-corrected chi connectivity index (χ0v) is 9.63. The number of aromatic nitrogens is 1. The van der Waals surface area contributed by atoms with Crippen LogP contribution in [0.4, 0.5) is 0 Å². The number of carboxylic acid groups (broad SMARTS) is 1. The highest BCUT2D eigenvalue weighted by molar-refractivity contribution is 5.95. The van der Waals surface area contributed by atoms with Crippen molar-refractivity contribution in [3.05, 3.63) is 54.1 Å². The van der Waals surface area contributed by atoms with Crippen molar-refractivity contribution < 1.29 is 9.90 Å². The minimum Gasteiger partial charge on any atom is -0.481 e. The number of para-hydroxylation sites is 2. The van der Waals surface area contributed by atoms with E-state index in [0.717, 1.165) is 27.4 Å². The van der Waals surface area contributed by atoms with Crippen molar-refractivity contribution >= 4 is 27.8 Å². The Bertz CT molecular complexity index is 750. The summed E-state index contributed by atoms with van der Waals surface area (Å²) in [6.07, 6.45) is 0.00266. The smallest absolute Gasteiger partial charge is 0.307 e. The lowest BCUT2D eigenvalue weighted by Crippen LogP contribution is -2.01. The molecule has 0 atom stereocenters. The highest BCUT2D eigenvalue weighted by Crippen LogP contribution is 2.22. The maximum Gasteiger partial charge on any atom is 0.307 e. The number of carboxylic acids is 1. The molecule has 18 heavy (non-hydrogen) atoms. The second-order valence-electron chi connectivity index (χ2n) is 4.24. The molecule has 88 valence electrons. The van der Waals surface area contributed by atoms with Crippen LogP contribution in [0.1, 0.15) is 5.56 Å². The molecule has 1 heterocycles. The molecule has 3 heteroatoms. The van der Waals surface area contributed by atoms with Crippen molar-refractivity contribution in [2.45, 2.75) is 6.42 Å². The molecule has 0 unspecified atom stereocenters. The van der Waals surface area contributed by atoms with E-state index in [1.165, 1.54) is 0 Å². The van der Waals surface area contributed by atoms with Crippen molar-refractivity contribution in [3.8, 4) is 0 Å². The molecule has 3 rings (SSSR count). The molecule has 1 aromatic heterocycles. The average Bonchev–Trinajstić information content (AvgIpc) is 2.36. The van der Waals surface area contributed by atoms with E-state index in [1.807, 2.05) is 48.5 Å². The Morgan fingerprint density at radius 3 is 2.67 bits per heavy atom. The van der Waals surface area contributed by atoms with Gasteiger partial charge in [0.05, 0.1) is 17.5 Å². The fourth-order valence-corrected chi connectivity index (χ4v) is 2.17. The third kappa shape index (κ3) is 1.80. The first-order valence-corrected chi connectivity index (χ1v) is 5.73. The summed E-state index contributed by atoms with van der Waals surface area (Å²) in [5.74, 6) is -0.836. The highest BCUT2D eigenvalue weighted by atomic mass is 16.4. The van der Waals surface area contributed by atoms with E-state index in [-0.39, 0.29) is 6.42 Å². The summed E-state index contributed by atoms with van der Waals surface area (Å²) in [5, 5.41) is 11.0. The molecule has 0 spiro atoms. The molecule has 1 N–H and O–H groups in total. The van der Waals surface area contributed by atoms with Gasteiger partial charge in [-0.25, -0.2) is 4.98 Å². The van der Waals surface area contributed by atoms with E-state index in [4.69, 9.17) is 5.11 Å². The molecule has 0 fully saturated rings. The minimum atomic E-state index is -0.836. The number of nitrogens with zero attached hydrogens (tertiary/aromatic N) is 1. The van der Waals surface area contributed by atoms with E-state index < -0.39 is 5.97 Å². The van der Waals surface area contributed by atoms with Crippen molar-refractivity contribution in [2.75, 3.05) is 0 Å². The van der Waals surface area contributed by atoms with E-state index in [1.54, 1.807) is 0 Å². The van der Waals surface area contributed by atoms with Crippen molar-refractivity contribution in [1.29, 1.82) is 0 Å². The van der Waals surface area contributed by atoms with Crippen molar-refractivity contribution in [1.82, 2.24) is 4.98 Å². The molecular formula is C15H11NO2. The number of hydrogen-bond donors (Lipinski definition) is 1. The highest BCUT2D eigenvalue weighted by Gasteiger charge is 2.07. The summed E-state index contributed by atoms with van der Waals surface area (Å²) < 4.78 is 0. The third-order valence-electron chi connectivity index (χ3n) is 2.97. The number of rotatable bonds is 2. The summed E-state index contributed by atoms with van der Waals surface area (Å²) in [6, 6.07) is 15.5. The van der Waals surface area contributed by atoms with Gasteiger partial charge in [0, 0.05) is 10.8 Å². The summed E-state index contributed by atoms with van der Waals surface area (Å²) in [4.78, 5) is 15.4. The van der Waals surface area contributed by atoms with Crippen molar-refractivity contribution in [2.24, 2.45) is 0 Å². The number of benzene rings is 2. The van der Waals surface area contributed by atoms with Gasteiger partial charge in [-0.15, -0.1) is 0 Å². The fraction of sp³-hybridized carbons (Fsp3) is 0.0667. The average molecular weight is 237 g/mol. The first-order chi connectivity index (χ1) is 8.74. The van der Waals surface area contributed by atoms with Crippen LogP contribution in [0, 0.1) is 0 Å². The number of aliphatic carboxylic acids is 1. The number of fused-ring (bicyclic) bond motifs is 2. The lowest BCUT2D eigenvalue weighted by molar-refractivity contribution is -0.136. The van der Waals surface area contributed by atoms with E-state index >= 15 is 0 Å². The van der Waals surface area contributed by atoms with Gasteiger partial charge in [0.15, 0.2) is 0 Å². The topological polar surface area (TPSA) is 50.2 Å². The molecule has 3 aromatic rings. The van der Waals surface area contributed by atoms with Crippen LogP contribution < -0.4 is 0 Å². The third-order valence-corrected chi connectivity index (χ3v) is 2.97. The predicted molar refractivity (Wildman–Crippen MR) is 70.6 cm³/mol. The van der Waals surface area contributed by atoms with Crippen LogP contribution in [0.25, 0.3) is 21.8 Å². The Hall–Kier alpha value is -2.42. The lowest BCUT2D eigenvalue weighted by atomic mass is 10.1. The fourth-order valence-electron chi connectivity index (χ4n) is 2.17. The van der Waals surface area contributed by atoms with Gasteiger partial charge in [0.1, 0.15) is 0 Å². The summed E-state index contributed by atoms with van der Waals surface area (Å²) in [7, 11) is 0. The van der Waals surface area contributed by atoms with E-state index in [2.05, 4.69) is 4.98 Å². The number of carbonyl (C=O) groups is 1. The zero-order valence-electron chi connectivity index (χ0n) is 9.63. The maximum atomic E-state index is 10.8. The molecular weight excluding hydrogens is 226 g/mol. The quantitative estimate of drug-likeness (QED) is 0.697. The van der Waals surface area contributed by atoms with Crippen molar-refractivity contribution in [3.63, 3.8) is 0 Å². The van der Waals surface area contributed by atoms with Crippen LogP contribution in [0.5, 0.6) is 0 Å². The first kappa shape index (κ1) is 10.7. The molecule has 3 nitrogen and oxygen atoms in total. The molecule has 0 aliphatic heterocycles. The monoisotopic (exact) mass is 237 g/mol. The van der Waals surface area contributed by atoms with Crippen LogP contribution in [0.15, 0.2) is 48.5 Å². The molecule has 0 amide bonds. The van der Waals surface area contributed by atoms with E-state index in [9.17, 15) is 4.79 Å². The SMILES string of the molecule is O=C(O)Cc1cccc2cc3ccccc3nc12. The molecule has 0 saturated heterocycles. The van der Waals surface area contributed by atoms with Gasteiger partial charge in [0.25, 0.3) is 0 Å². The van der Waals surface area contributed by atoms with Crippen LogP contribution >= 0.6 is 0 Å². The van der Waals surface area contributed by atoms with Crippen LogP contribution in [-0.4, -0.2) is 16.1 Å². The largest absolute Gasteiger partial charge is 0.481 e. The van der Waals surface area contributed by atoms with Gasteiger partial charge in [-0.05, 0) is 17.7 Å². The molecule has 2 aromatic carbocycles. The van der Waals surface area contributed by atoms with Crippen LogP contribution in [0.2, 0.25) is 0 Å². The Kier molecular flexibility index (Phi) is 2.45. The Labute approximate surface area is 104 Å². The van der Waals surface area contributed by atoms with E-state index in [0.29, 0.717) is 0 Å². The molecule has 0 aliphatic rings. The van der Waals surface area contributed by atoms with Gasteiger partial charge < -0.3 is 5.11 Å². The molecule has 0 bridgehead atoms. The zero-order chi connectivity index (χ0) is 12.5. The van der Waals surface area contributed by atoms with Gasteiger partial charge in [-0.3, -0.25) is 4.79 Å². The second-order valence-corrected chi connectivity index (χ2v) is 4.24. The minimum absolute atomic E-state index is 0.00266. The Morgan fingerprint density at radius 2 is 1.83 bits per heavy atom. The maximum absolute atomic E-state index is 10.8. The normalized spacial score (nSPS) is 10.9. The van der Waals surface area contributed by atoms with Gasteiger partial charge in [-0.1, -0.05) is 36.4 Å². The number of pyridine rings is 1. The second kappa shape index (κ2) is 4.11. The summed E-state index contributed by atoms with van der Waals surface area (Å²) >= 11 is 0. The summed E-state index contributed by atoms with van der Waals surface area (Å²) in [6.45, 7) is 0.